The van der Waals surface area contributed by atoms with Gasteiger partial charge in [-0.2, -0.15) is 10.5 Å². The van der Waals surface area contributed by atoms with E-state index < -0.39 is 23.0 Å². The first-order valence-corrected chi connectivity index (χ1v) is 12.6. The Bertz CT molecular complexity index is 1520. The van der Waals surface area contributed by atoms with Gasteiger partial charge in [0.25, 0.3) is 0 Å². The first-order chi connectivity index (χ1) is 18.0. The van der Waals surface area contributed by atoms with Crippen LogP contribution in [0.1, 0.15) is 43.7 Å². The minimum Gasteiger partial charge on any atom is -0.493 e. The number of nitrogens with zero attached hydrogens (tertiary/aromatic N) is 3. The number of amides is 2. The van der Waals surface area contributed by atoms with Crippen molar-refractivity contribution in [1.82, 2.24) is 0 Å². The predicted molar refractivity (Wildman–Crippen MR) is 135 cm³/mol. The van der Waals surface area contributed by atoms with E-state index in [9.17, 15) is 14.9 Å². The number of hydrogen-bond acceptors (Lipinski definition) is 6. The zero-order valence-corrected chi connectivity index (χ0v) is 20.4. The van der Waals surface area contributed by atoms with Crippen LogP contribution in [0.4, 0.5) is 5.69 Å². The van der Waals surface area contributed by atoms with Crippen molar-refractivity contribution in [1.29, 1.82) is 10.5 Å². The van der Waals surface area contributed by atoms with E-state index in [2.05, 4.69) is 12.1 Å². The van der Waals surface area contributed by atoms with Gasteiger partial charge < -0.3 is 9.47 Å². The lowest BCUT2D eigenvalue weighted by atomic mass is 9.66. The van der Waals surface area contributed by atoms with E-state index in [1.54, 1.807) is 36.4 Å². The second kappa shape index (κ2) is 8.44. The molecule has 0 radical (unpaired) electrons. The molecule has 7 heteroatoms. The zero-order chi connectivity index (χ0) is 25.8. The molecule has 3 aliphatic rings. The molecule has 0 spiro atoms. The largest absolute Gasteiger partial charge is 0.493 e. The number of fused-ring (bicyclic) bond motifs is 6. The summed E-state index contributed by atoms with van der Waals surface area (Å²) in [6, 6.07) is 22.0. The standard InChI is InChI=1S/C30H25N3O4/c1-2-29-13-14-30(37-29,15-16-36-21-10-7-19(17-31)8-11-21)26-25(29)27(34)33(28(26)35)24-12-9-20(18-32)22-5-3-4-6-23(22)24/h3-12,25-26H,2,13-16H2,1H3/t25-,26+,29+,30?/m1/s1. The molecule has 3 saturated heterocycles. The maximum absolute atomic E-state index is 14.0. The fourth-order valence-corrected chi connectivity index (χ4v) is 6.68. The van der Waals surface area contributed by atoms with E-state index in [1.165, 1.54) is 4.90 Å². The van der Waals surface area contributed by atoms with Crippen LogP contribution in [0.5, 0.6) is 5.75 Å². The van der Waals surface area contributed by atoms with E-state index in [4.69, 9.17) is 14.7 Å². The van der Waals surface area contributed by atoms with Crippen molar-refractivity contribution in [3.05, 3.63) is 71.8 Å². The van der Waals surface area contributed by atoms with Gasteiger partial charge in [-0.25, -0.2) is 4.90 Å². The Balaban J connectivity index is 1.33. The molecule has 3 aromatic carbocycles. The summed E-state index contributed by atoms with van der Waals surface area (Å²) < 4.78 is 12.6. The molecule has 2 bridgehead atoms. The average molecular weight is 492 g/mol. The van der Waals surface area contributed by atoms with Crippen molar-refractivity contribution in [3.8, 4) is 17.9 Å². The Kier molecular flexibility index (Phi) is 5.29. The molecule has 1 unspecified atom stereocenters. The first kappa shape index (κ1) is 23.2. The van der Waals surface area contributed by atoms with E-state index >= 15 is 0 Å². The summed E-state index contributed by atoms with van der Waals surface area (Å²) in [6.07, 6.45) is 2.55. The van der Waals surface area contributed by atoms with Crippen LogP contribution in [-0.2, 0) is 14.3 Å². The monoisotopic (exact) mass is 491 g/mol. The summed E-state index contributed by atoms with van der Waals surface area (Å²) in [7, 11) is 0. The van der Waals surface area contributed by atoms with Crippen LogP contribution in [-0.4, -0.2) is 29.6 Å². The minimum absolute atomic E-state index is 0.221. The molecule has 0 aliphatic carbocycles. The smallest absolute Gasteiger partial charge is 0.240 e. The molecule has 4 atom stereocenters. The normalized spacial score (nSPS) is 27.8. The molecule has 3 fully saturated rings. The summed E-state index contributed by atoms with van der Waals surface area (Å²) in [6.45, 7) is 2.35. The van der Waals surface area contributed by atoms with Crippen LogP contribution < -0.4 is 9.64 Å². The van der Waals surface area contributed by atoms with Crippen molar-refractivity contribution in [3.63, 3.8) is 0 Å². The Labute approximate surface area is 214 Å². The molecule has 0 aromatic heterocycles. The summed E-state index contributed by atoms with van der Waals surface area (Å²) in [4.78, 5) is 29.3. The number of nitriles is 2. The van der Waals surface area contributed by atoms with Crippen LogP contribution in [0.2, 0.25) is 0 Å². The predicted octanol–water partition coefficient (Wildman–Crippen LogP) is 4.87. The molecule has 2 amide bonds. The van der Waals surface area contributed by atoms with Crippen molar-refractivity contribution in [2.75, 3.05) is 11.5 Å². The van der Waals surface area contributed by atoms with Crippen LogP contribution >= 0.6 is 0 Å². The van der Waals surface area contributed by atoms with Crippen LogP contribution in [0.15, 0.2) is 60.7 Å². The lowest BCUT2D eigenvalue weighted by molar-refractivity contribution is -0.132. The van der Waals surface area contributed by atoms with Gasteiger partial charge in [-0.1, -0.05) is 31.2 Å². The van der Waals surface area contributed by atoms with Crippen molar-refractivity contribution in [2.45, 2.75) is 43.8 Å². The molecule has 37 heavy (non-hydrogen) atoms. The maximum atomic E-state index is 14.0. The minimum atomic E-state index is -0.767. The zero-order valence-electron chi connectivity index (χ0n) is 20.4. The average Bonchev–Trinajstić information content (AvgIpc) is 3.55. The van der Waals surface area contributed by atoms with Gasteiger partial charge in [0, 0.05) is 17.2 Å². The molecule has 3 aromatic rings. The summed E-state index contributed by atoms with van der Waals surface area (Å²) in [5.74, 6) is -0.931. The first-order valence-electron chi connectivity index (χ1n) is 12.6. The van der Waals surface area contributed by atoms with E-state index in [0.717, 1.165) is 11.8 Å². The molecular formula is C30H25N3O4. The fraction of sp³-hybridized carbons (Fsp3) is 0.333. The quantitative estimate of drug-likeness (QED) is 0.456. The Hall–Kier alpha value is -4.20. The number of carbonyl (C=O) groups is 2. The van der Waals surface area contributed by atoms with Crippen molar-refractivity contribution >= 4 is 28.3 Å². The van der Waals surface area contributed by atoms with Gasteiger partial charge in [0.15, 0.2) is 0 Å². The third kappa shape index (κ3) is 3.28. The number of benzene rings is 3. The lowest BCUT2D eigenvalue weighted by Gasteiger charge is -2.31. The Morgan fingerprint density at radius 3 is 2.27 bits per heavy atom. The number of imide groups is 1. The molecule has 0 saturated carbocycles. The third-order valence-corrected chi connectivity index (χ3v) is 8.46. The number of hydrogen-bond donors (Lipinski definition) is 0. The molecule has 3 aliphatic heterocycles. The molecule has 3 heterocycles. The molecule has 184 valence electrons. The van der Waals surface area contributed by atoms with Crippen LogP contribution in [0, 0.1) is 34.5 Å². The second-order valence-corrected chi connectivity index (χ2v) is 10.1. The van der Waals surface area contributed by atoms with Crippen molar-refractivity contribution in [2.24, 2.45) is 11.8 Å². The van der Waals surface area contributed by atoms with Crippen molar-refractivity contribution < 1.29 is 19.1 Å². The van der Waals surface area contributed by atoms with Gasteiger partial charge in [0.1, 0.15) is 5.75 Å². The lowest BCUT2D eigenvalue weighted by Crippen LogP contribution is -2.43. The van der Waals surface area contributed by atoms with Crippen LogP contribution in [0.3, 0.4) is 0 Å². The summed E-state index contributed by atoms with van der Waals surface area (Å²) in [5, 5.41) is 20.0. The molecule has 6 rings (SSSR count). The van der Waals surface area contributed by atoms with Gasteiger partial charge in [0.2, 0.25) is 11.8 Å². The Morgan fingerprint density at radius 1 is 0.919 bits per heavy atom. The van der Waals surface area contributed by atoms with Gasteiger partial charge in [0.05, 0.1) is 58.6 Å². The number of ether oxygens (including phenoxy) is 2. The second-order valence-electron chi connectivity index (χ2n) is 10.1. The van der Waals surface area contributed by atoms with E-state index in [1.807, 2.05) is 31.2 Å². The summed E-state index contributed by atoms with van der Waals surface area (Å²) >= 11 is 0. The number of carbonyl (C=O) groups excluding carboxylic acids is 2. The molecule has 0 N–H and O–H groups in total. The topological polar surface area (TPSA) is 103 Å². The van der Waals surface area contributed by atoms with Gasteiger partial charge in [-0.05, 0) is 55.7 Å². The summed E-state index contributed by atoms with van der Waals surface area (Å²) in [5.41, 5.74) is 0.152. The van der Waals surface area contributed by atoms with Gasteiger partial charge in [-0.3, -0.25) is 9.59 Å². The Morgan fingerprint density at radius 2 is 1.59 bits per heavy atom. The molecule has 7 nitrogen and oxygen atoms in total. The highest BCUT2D eigenvalue weighted by molar-refractivity contribution is 6.26. The molecular weight excluding hydrogens is 466 g/mol. The number of rotatable bonds is 6. The SMILES string of the molecule is CC[C@@]12CCC(CCOc3ccc(C#N)cc3)(O1)[C@@H]1C(=O)N(c3ccc(C#N)c4ccccc34)C(=O)[C@@H]12. The van der Waals surface area contributed by atoms with E-state index in [-0.39, 0.29) is 11.8 Å². The number of anilines is 1. The fourth-order valence-electron chi connectivity index (χ4n) is 6.68. The highest BCUT2D eigenvalue weighted by atomic mass is 16.5. The van der Waals surface area contributed by atoms with Gasteiger partial charge >= 0.3 is 0 Å². The highest BCUT2D eigenvalue weighted by Crippen LogP contribution is 2.63. The van der Waals surface area contributed by atoms with Gasteiger partial charge in [-0.15, -0.1) is 0 Å². The highest BCUT2D eigenvalue weighted by Gasteiger charge is 2.74. The van der Waals surface area contributed by atoms with E-state index in [0.29, 0.717) is 53.8 Å². The maximum Gasteiger partial charge on any atom is 0.240 e. The third-order valence-electron chi connectivity index (χ3n) is 8.46. The van der Waals surface area contributed by atoms with Crippen LogP contribution in [0.25, 0.3) is 10.8 Å².